The molecule has 12 heteroatoms. The molecule has 4 rings (SSSR count). The maximum absolute atomic E-state index is 13.8. The first kappa shape index (κ1) is 24.8. The van der Waals surface area contributed by atoms with Gasteiger partial charge in [-0.1, -0.05) is 47.6 Å². The predicted octanol–water partition coefficient (Wildman–Crippen LogP) is 4.87. The van der Waals surface area contributed by atoms with E-state index in [1.165, 1.54) is 41.3 Å². The molecule has 0 saturated heterocycles. The fraction of sp³-hybridized carbons (Fsp3) is 0.174. The molecular formula is C23H20ClFN6O2S2. The summed E-state index contributed by atoms with van der Waals surface area (Å²) in [6.45, 7) is 2.52. The van der Waals surface area contributed by atoms with Crippen LogP contribution in [0.1, 0.15) is 23.1 Å². The van der Waals surface area contributed by atoms with Crippen molar-refractivity contribution in [2.75, 3.05) is 11.1 Å². The summed E-state index contributed by atoms with van der Waals surface area (Å²) in [5.74, 6) is -0.747. The SMILES string of the molecule is CCn1c(CNC(=O)c2ccccc2F)nnc1SCC(=O)Nc1nc(-c2ccc(Cl)cc2)cs1. The summed E-state index contributed by atoms with van der Waals surface area (Å²) in [5, 5.41) is 17.2. The minimum absolute atomic E-state index is 0.0391. The van der Waals surface area contributed by atoms with E-state index in [1.807, 2.05) is 24.4 Å². The van der Waals surface area contributed by atoms with Gasteiger partial charge in [-0.2, -0.15) is 0 Å². The number of carbonyl (C=O) groups excluding carboxylic acids is 2. The molecule has 2 aromatic carbocycles. The second kappa shape index (κ2) is 11.4. The molecule has 4 aromatic rings. The van der Waals surface area contributed by atoms with Crippen LogP contribution in [0.15, 0.2) is 59.1 Å². The van der Waals surface area contributed by atoms with Crippen LogP contribution in [-0.4, -0.2) is 37.3 Å². The smallest absolute Gasteiger partial charge is 0.254 e. The molecule has 0 aliphatic carbocycles. The molecular weight excluding hydrogens is 511 g/mol. The lowest BCUT2D eigenvalue weighted by Gasteiger charge is -2.09. The molecule has 0 saturated carbocycles. The van der Waals surface area contributed by atoms with Crippen LogP contribution in [0.4, 0.5) is 9.52 Å². The normalized spacial score (nSPS) is 10.8. The van der Waals surface area contributed by atoms with E-state index in [9.17, 15) is 14.0 Å². The summed E-state index contributed by atoms with van der Waals surface area (Å²) in [4.78, 5) is 29.2. The molecule has 8 nitrogen and oxygen atoms in total. The summed E-state index contributed by atoms with van der Waals surface area (Å²) in [6, 6.07) is 13.1. The van der Waals surface area contributed by atoms with E-state index in [1.54, 1.807) is 22.8 Å². The zero-order valence-electron chi connectivity index (χ0n) is 18.5. The molecule has 2 amide bonds. The van der Waals surface area contributed by atoms with Gasteiger partial charge in [0.2, 0.25) is 5.91 Å². The molecule has 35 heavy (non-hydrogen) atoms. The molecule has 2 aromatic heterocycles. The number of nitrogens with zero attached hydrogens (tertiary/aromatic N) is 4. The van der Waals surface area contributed by atoms with Gasteiger partial charge in [0.05, 0.1) is 23.6 Å². The second-order valence-electron chi connectivity index (χ2n) is 7.19. The predicted molar refractivity (Wildman–Crippen MR) is 135 cm³/mol. The van der Waals surface area contributed by atoms with E-state index < -0.39 is 11.7 Å². The van der Waals surface area contributed by atoms with Gasteiger partial charge in [-0.05, 0) is 31.2 Å². The van der Waals surface area contributed by atoms with Crippen LogP contribution in [0.2, 0.25) is 5.02 Å². The van der Waals surface area contributed by atoms with Crippen molar-refractivity contribution in [1.29, 1.82) is 0 Å². The van der Waals surface area contributed by atoms with Crippen molar-refractivity contribution in [1.82, 2.24) is 25.1 Å². The van der Waals surface area contributed by atoms with E-state index in [0.717, 1.165) is 11.3 Å². The highest BCUT2D eigenvalue weighted by atomic mass is 35.5. The topological polar surface area (TPSA) is 102 Å². The summed E-state index contributed by atoms with van der Waals surface area (Å²) in [5.41, 5.74) is 1.62. The third kappa shape index (κ3) is 6.24. The van der Waals surface area contributed by atoms with E-state index >= 15 is 0 Å². The van der Waals surface area contributed by atoms with Crippen molar-refractivity contribution < 1.29 is 14.0 Å². The molecule has 0 spiro atoms. The lowest BCUT2D eigenvalue weighted by molar-refractivity contribution is -0.113. The van der Waals surface area contributed by atoms with Crippen LogP contribution in [0.5, 0.6) is 0 Å². The van der Waals surface area contributed by atoms with Gasteiger partial charge in [-0.3, -0.25) is 9.59 Å². The molecule has 0 aliphatic rings. The van der Waals surface area contributed by atoms with Gasteiger partial charge in [0, 0.05) is 22.5 Å². The lowest BCUT2D eigenvalue weighted by Crippen LogP contribution is -2.25. The Balaban J connectivity index is 1.32. The monoisotopic (exact) mass is 530 g/mol. The van der Waals surface area contributed by atoms with Crippen molar-refractivity contribution in [3.05, 3.63) is 76.1 Å². The van der Waals surface area contributed by atoms with E-state index in [4.69, 9.17) is 11.6 Å². The van der Waals surface area contributed by atoms with Crippen LogP contribution in [0.25, 0.3) is 11.3 Å². The molecule has 0 atom stereocenters. The van der Waals surface area contributed by atoms with Crippen molar-refractivity contribution in [2.24, 2.45) is 0 Å². The number of rotatable bonds is 9. The van der Waals surface area contributed by atoms with Crippen LogP contribution in [0.3, 0.4) is 0 Å². The molecule has 2 heterocycles. The highest BCUT2D eigenvalue weighted by Crippen LogP contribution is 2.26. The summed E-state index contributed by atoms with van der Waals surface area (Å²) >= 11 is 8.48. The number of hydrogen-bond donors (Lipinski definition) is 2. The van der Waals surface area contributed by atoms with Crippen molar-refractivity contribution in [3.8, 4) is 11.3 Å². The first-order valence-electron chi connectivity index (χ1n) is 10.5. The Hall–Kier alpha value is -3.28. The molecule has 0 aliphatic heterocycles. The molecule has 2 N–H and O–H groups in total. The Kier molecular flexibility index (Phi) is 8.11. The zero-order chi connectivity index (χ0) is 24.8. The maximum Gasteiger partial charge on any atom is 0.254 e. The first-order valence-corrected chi connectivity index (χ1v) is 12.8. The van der Waals surface area contributed by atoms with Gasteiger partial charge in [0.15, 0.2) is 16.1 Å². The Bertz CT molecular complexity index is 1340. The largest absolute Gasteiger partial charge is 0.345 e. The quantitative estimate of drug-likeness (QED) is 0.299. The van der Waals surface area contributed by atoms with Crippen molar-refractivity contribution >= 4 is 51.6 Å². The van der Waals surface area contributed by atoms with E-state index in [2.05, 4.69) is 25.8 Å². The van der Waals surface area contributed by atoms with Crippen LogP contribution in [-0.2, 0) is 17.9 Å². The Morgan fingerprint density at radius 2 is 1.91 bits per heavy atom. The third-order valence-corrected chi connectivity index (χ3v) is 6.83. The molecule has 180 valence electrons. The number of aromatic nitrogens is 4. The van der Waals surface area contributed by atoms with Gasteiger partial charge in [0.25, 0.3) is 5.91 Å². The summed E-state index contributed by atoms with van der Waals surface area (Å²) in [6.07, 6.45) is 0. The lowest BCUT2D eigenvalue weighted by atomic mass is 10.2. The number of amides is 2. The number of nitrogens with one attached hydrogen (secondary N) is 2. The Morgan fingerprint density at radius 3 is 2.66 bits per heavy atom. The highest BCUT2D eigenvalue weighted by molar-refractivity contribution is 7.99. The average molecular weight is 531 g/mol. The first-order chi connectivity index (χ1) is 16.9. The van der Waals surface area contributed by atoms with Gasteiger partial charge < -0.3 is 15.2 Å². The number of anilines is 1. The van der Waals surface area contributed by atoms with Crippen molar-refractivity contribution in [3.63, 3.8) is 0 Å². The maximum atomic E-state index is 13.8. The molecule has 0 unspecified atom stereocenters. The highest BCUT2D eigenvalue weighted by Gasteiger charge is 2.16. The third-order valence-electron chi connectivity index (χ3n) is 4.86. The van der Waals surface area contributed by atoms with Crippen molar-refractivity contribution in [2.45, 2.75) is 25.2 Å². The number of benzene rings is 2. The fourth-order valence-electron chi connectivity index (χ4n) is 3.14. The minimum atomic E-state index is -0.593. The van der Waals surface area contributed by atoms with Gasteiger partial charge >= 0.3 is 0 Å². The standard InChI is InChI=1S/C23H20ClFN6O2S2/c1-2-31-19(11-26-21(33)16-5-3-4-6-17(16)25)29-30-23(31)35-13-20(32)28-22-27-18(12-34-22)14-7-9-15(24)10-8-14/h3-10,12H,2,11,13H2,1H3,(H,26,33)(H,27,28,32). The summed E-state index contributed by atoms with van der Waals surface area (Å²) in [7, 11) is 0. The minimum Gasteiger partial charge on any atom is -0.345 e. The van der Waals surface area contributed by atoms with E-state index in [0.29, 0.717) is 27.7 Å². The zero-order valence-corrected chi connectivity index (χ0v) is 20.9. The second-order valence-corrected chi connectivity index (χ2v) is 9.42. The fourth-order valence-corrected chi connectivity index (χ4v) is 4.83. The average Bonchev–Trinajstić information content (AvgIpc) is 3.48. The van der Waals surface area contributed by atoms with E-state index in [-0.39, 0.29) is 23.8 Å². The van der Waals surface area contributed by atoms with Gasteiger partial charge in [-0.15, -0.1) is 21.5 Å². The number of carbonyl (C=O) groups is 2. The number of thiazole rings is 1. The Morgan fingerprint density at radius 1 is 1.14 bits per heavy atom. The Labute approximate surface area is 213 Å². The summed E-state index contributed by atoms with van der Waals surface area (Å²) < 4.78 is 15.6. The van der Waals surface area contributed by atoms with Gasteiger partial charge in [-0.25, -0.2) is 9.37 Å². The number of hydrogen-bond acceptors (Lipinski definition) is 7. The van der Waals surface area contributed by atoms with Crippen LogP contribution in [0, 0.1) is 5.82 Å². The van der Waals surface area contributed by atoms with Crippen LogP contribution < -0.4 is 10.6 Å². The molecule has 0 fully saturated rings. The van der Waals surface area contributed by atoms with Gasteiger partial charge in [0.1, 0.15) is 5.82 Å². The molecule has 0 bridgehead atoms. The number of halogens is 2. The molecule has 0 radical (unpaired) electrons. The number of thioether (sulfide) groups is 1. The van der Waals surface area contributed by atoms with Crippen LogP contribution >= 0.6 is 34.7 Å².